The van der Waals surface area contributed by atoms with Crippen LogP contribution in [0, 0.1) is 6.92 Å². The van der Waals surface area contributed by atoms with Crippen molar-refractivity contribution < 1.29 is 0 Å². The number of rotatable bonds is 3. The third kappa shape index (κ3) is 3.26. The molecular weight excluding hydrogens is 278 g/mol. The molecule has 2 heterocycles. The Bertz CT molecular complexity index is 636. The molecule has 0 aliphatic carbocycles. The maximum absolute atomic E-state index is 4.73. The van der Waals surface area contributed by atoms with Crippen LogP contribution in [-0.4, -0.2) is 17.0 Å². The van der Waals surface area contributed by atoms with Gasteiger partial charge in [0.25, 0.3) is 0 Å². The van der Waals surface area contributed by atoms with E-state index in [-0.39, 0.29) is 5.41 Å². The standard InChI is InChI=1S/C17H25N3S/c1-10(2)14-11(3)19-15(20-16(14)18-7)12-8-9-13(21-12)17(4,5)6/h8-10H,1-7H3,(H,18,19,20). The van der Waals surface area contributed by atoms with E-state index in [4.69, 9.17) is 9.97 Å². The van der Waals surface area contributed by atoms with Gasteiger partial charge in [0.05, 0.1) is 4.88 Å². The van der Waals surface area contributed by atoms with E-state index in [0.717, 1.165) is 22.2 Å². The van der Waals surface area contributed by atoms with Crippen molar-refractivity contribution in [2.75, 3.05) is 12.4 Å². The number of nitrogens with one attached hydrogen (secondary N) is 1. The normalized spacial score (nSPS) is 12.0. The molecule has 0 saturated carbocycles. The molecule has 21 heavy (non-hydrogen) atoms. The predicted molar refractivity (Wildman–Crippen MR) is 92.4 cm³/mol. The van der Waals surface area contributed by atoms with E-state index in [9.17, 15) is 0 Å². The SMILES string of the molecule is CNc1nc(-c2ccc(C(C)(C)C)s2)nc(C)c1C(C)C. The van der Waals surface area contributed by atoms with Gasteiger partial charge in [0.1, 0.15) is 5.82 Å². The lowest BCUT2D eigenvalue weighted by Crippen LogP contribution is -2.08. The molecule has 0 fully saturated rings. The van der Waals surface area contributed by atoms with Crippen molar-refractivity contribution in [1.82, 2.24) is 9.97 Å². The average Bonchev–Trinajstić information content (AvgIpc) is 2.86. The van der Waals surface area contributed by atoms with Gasteiger partial charge in [0, 0.05) is 23.2 Å². The second kappa shape index (κ2) is 5.76. The van der Waals surface area contributed by atoms with Crippen LogP contribution in [0.5, 0.6) is 0 Å². The monoisotopic (exact) mass is 303 g/mol. The van der Waals surface area contributed by atoms with Crippen LogP contribution in [0.1, 0.15) is 56.7 Å². The molecule has 114 valence electrons. The van der Waals surface area contributed by atoms with Crippen molar-refractivity contribution in [3.63, 3.8) is 0 Å². The minimum absolute atomic E-state index is 0.168. The fourth-order valence-electron chi connectivity index (χ4n) is 2.43. The van der Waals surface area contributed by atoms with Crippen molar-refractivity contribution in [1.29, 1.82) is 0 Å². The zero-order chi connectivity index (χ0) is 15.8. The second-order valence-electron chi connectivity index (χ2n) is 6.71. The van der Waals surface area contributed by atoms with Crippen LogP contribution < -0.4 is 5.32 Å². The summed E-state index contributed by atoms with van der Waals surface area (Å²) in [5.41, 5.74) is 2.43. The van der Waals surface area contributed by atoms with Crippen LogP contribution in [0.15, 0.2) is 12.1 Å². The lowest BCUT2D eigenvalue weighted by Gasteiger charge is -2.16. The third-order valence-corrected chi connectivity index (χ3v) is 5.02. The van der Waals surface area contributed by atoms with Crippen molar-refractivity contribution in [2.45, 2.75) is 52.9 Å². The molecule has 0 saturated heterocycles. The van der Waals surface area contributed by atoms with Crippen molar-refractivity contribution in [2.24, 2.45) is 0 Å². The second-order valence-corrected chi connectivity index (χ2v) is 7.80. The number of thiophene rings is 1. The van der Waals surface area contributed by atoms with E-state index in [1.165, 1.54) is 10.4 Å². The molecule has 4 heteroatoms. The lowest BCUT2D eigenvalue weighted by molar-refractivity contribution is 0.604. The number of hydrogen-bond acceptors (Lipinski definition) is 4. The fraction of sp³-hybridized carbons (Fsp3) is 0.529. The summed E-state index contributed by atoms with van der Waals surface area (Å²) in [7, 11) is 1.92. The molecule has 3 nitrogen and oxygen atoms in total. The van der Waals surface area contributed by atoms with E-state index >= 15 is 0 Å². The van der Waals surface area contributed by atoms with Crippen LogP contribution >= 0.6 is 11.3 Å². The first-order valence-corrected chi connectivity index (χ1v) is 8.22. The van der Waals surface area contributed by atoms with Gasteiger partial charge in [-0.15, -0.1) is 11.3 Å². The van der Waals surface area contributed by atoms with E-state index in [2.05, 4.69) is 59.0 Å². The first-order chi connectivity index (χ1) is 9.74. The highest BCUT2D eigenvalue weighted by Crippen LogP contribution is 2.35. The maximum Gasteiger partial charge on any atom is 0.171 e. The summed E-state index contributed by atoms with van der Waals surface area (Å²) in [6, 6.07) is 4.32. The van der Waals surface area contributed by atoms with Crippen LogP contribution in [-0.2, 0) is 5.41 Å². The van der Waals surface area contributed by atoms with Crippen molar-refractivity contribution in [3.05, 3.63) is 28.3 Å². The zero-order valence-corrected chi connectivity index (χ0v) is 14.9. The molecule has 0 bridgehead atoms. The average molecular weight is 303 g/mol. The summed E-state index contributed by atoms with van der Waals surface area (Å²) >= 11 is 1.78. The quantitative estimate of drug-likeness (QED) is 0.869. The smallest absolute Gasteiger partial charge is 0.171 e. The molecular formula is C17H25N3S. The molecule has 2 aromatic rings. The minimum atomic E-state index is 0.168. The number of aryl methyl sites for hydroxylation is 1. The van der Waals surface area contributed by atoms with E-state index < -0.39 is 0 Å². The van der Waals surface area contributed by atoms with Gasteiger partial charge >= 0.3 is 0 Å². The van der Waals surface area contributed by atoms with Gasteiger partial charge in [-0.3, -0.25) is 0 Å². The van der Waals surface area contributed by atoms with Gasteiger partial charge in [0.15, 0.2) is 5.82 Å². The maximum atomic E-state index is 4.73. The molecule has 0 radical (unpaired) electrons. The Morgan fingerprint density at radius 3 is 2.29 bits per heavy atom. The highest BCUT2D eigenvalue weighted by atomic mass is 32.1. The number of hydrogen-bond donors (Lipinski definition) is 1. The fourth-order valence-corrected chi connectivity index (χ4v) is 3.43. The third-order valence-electron chi connectivity index (χ3n) is 3.52. The molecule has 0 aliphatic rings. The topological polar surface area (TPSA) is 37.8 Å². The number of anilines is 1. The Labute approximate surface area is 131 Å². The molecule has 0 aromatic carbocycles. The van der Waals surface area contributed by atoms with Crippen molar-refractivity contribution >= 4 is 17.2 Å². The Balaban J connectivity index is 2.50. The van der Waals surface area contributed by atoms with Crippen LogP contribution in [0.25, 0.3) is 10.7 Å². The highest BCUT2D eigenvalue weighted by Gasteiger charge is 2.19. The molecule has 2 rings (SSSR count). The zero-order valence-electron chi connectivity index (χ0n) is 14.0. The van der Waals surface area contributed by atoms with E-state index in [0.29, 0.717) is 5.92 Å². The Hall–Kier alpha value is -1.42. The summed E-state index contributed by atoms with van der Waals surface area (Å²) in [4.78, 5) is 11.9. The molecule has 0 aliphatic heterocycles. The van der Waals surface area contributed by atoms with Crippen LogP contribution in [0.4, 0.5) is 5.82 Å². The minimum Gasteiger partial charge on any atom is -0.373 e. The molecule has 0 amide bonds. The highest BCUT2D eigenvalue weighted by molar-refractivity contribution is 7.15. The van der Waals surface area contributed by atoms with Crippen molar-refractivity contribution in [3.8, 4) is 10.7 Å². The van der Waals surface area contributed by atoms with Crippen LogP contribution in [0.2, 0.25) is 0 Å². The van der Waals surface area contributed by atoms with Gasteiger partial charge in [-0.05, 0) is 30.4 Å². The summed E-state index contributed by atoms with van der Waals surface area (Å²) in [6.45, 7) is 13.1. The summed E-state index contributed by atoms with van der Waals surface area (Å²) in [5, 5.41) is 3.22. The van der Waals surface area contributed by atoms with E-state index in [1.54, 1.807) is 11.3 Å². The largest absolute Gasteiger partial charge is 0.373 e. The van der Waals surface area contributed by atoms with Gasteiger partial charge in [-0.25, -0.2) is 9.97 Å². The molecule has 1 N–H and O–H groups in total. The Morgan fingerprint density at radius 1 is 1.14 bits per heavy atom. The molecule has 0 atom stereocenters. The number of aromatic nitrogens is 2. The predicted octanol–water partition coefficient (Wildman–Crippen LogP) is 4.98. The van der Waals surface area contributed by atoms with Gasteiger partial charge in [0.2, 0.25) is 0 Å². The van der Waals surface area contributed by atoms with Gasteiger partial charge in [-0.1, -0.05) is 34.6 Å². The number of nitrogens with zero attached hydrogens (tertiary/aromatic N) is 2. The molecule has 0 unspecified atom stereocenters. The Morgan fingerprint density at radius 2 is 1.81 bits per heavy atom. The summed E-state index contributed by atoms with van der Waals surface area (Å²) < 4.78 is 0. The lowest BCUT2D eigenvalue weighted by atomic mass is 9.95. The summed E-state index contributed by atoms with van der Waals surface area (Å²) in [5.74, 6) is 2.18. The first kappa shape index (κ1) is 16.0. The first-order valence-electron chi connectivity index (χ1n) is 7.41. The van der Waals surface area contributed by atoms with Gasteiger partial charge in [-0.2, -0.15) is 0 Å². The van der Waals surface area contributed by atoms with Gasteiger partial charge < -0.3 is 5.32 Å². The summed E-state index contributed by atoms with van der Waals surface area (Å²) in [6.07, 6.45) is 0. The van der Waals surface area contributed by atoms with Crippen LogP contribution in [0.3, 0.4) is 0 Å². The van der Waals surface area contributed by atoms with E-state index in [1.807, 2.05) is 7.05 Å². The molecule has 2 aromatic heterocycles. The Kier molecular flexibility index (Phi) is 4.38. The molecule has 0 spiro atoms.